The topological polar surface area (TPSA) is 54.2 Å². The van der Waals surface area contributed by atoms with Gasteiger partial charge in [-0.1, -0.05) is 0 Å². The van der Waals surface area contributed by atoms with Crippen molar-refractivity contribution in [1.29, 1.82) is 0 Å². The molecule has 2 N–H and O–H groups in total. The van der Waals surface area contributed by atoms with Crippen LogP contribution >= 0.6 is 0 Å². The van der Waals surface area contributed by atoms with E-state index in [1.165, 1.54) is 51.3 Å². The predicted octanol–water partition coefficient (Wildman–Crippen LogP) is 2.29. The summed E-state index contributed by atoms with van der Waals surface area (Å²) in [5.74, 6) is 0.921. The van der Waals surface area contributed by atoms with Gasteiger partial charge in [0.05, 0.1) is 12.2 Å². The number of nitrogens with zero attached hydrogens (tertiary/aromatic N) is 3. The van der Waals surface area contributed by atoms with Gasteiger partial charge in [0.2, 0.25) is 0 Å². The highest BCUT2D eigenvalue weighted by atomic mass is 16.5. The third-order valence-electron chi connectivity index (χ3n) is 5.52. The number of nitrogens with two attached hydrogens (primary N) is 1. The van der Waals surface area contributed by atoms with Crippen molar-refractivity contribution in [2.24, 2.45) is 0 Å². The molecule has 0 saturated carbocycles. The first-order valence-corrected chi connectivity index (χ1v) is 10.5. The molecule has 152 valence electrons. The van der Waals surface area contributed by atoms with Crippen LogP contribution in [0.4, 0.5) is 11.4 Å². The Bertz CT molecular complexity index is 561. The van der Waals surface area contributed by atoms with E-state index in [9.17, 15) is 0 Å². The van der Waals surface area contributed by atoms with E-state index >= 15 is 0 Å². The van der Waals surface area contributed by atoms with Gasteiger partial charge in [0, 0.05) is 64.2 Å². The molecule has 1 aromatic rings. The number of piperazine rings is 1. The molecular weight excluding hydrogens is 340 g/mol. The van der Waals surface area contributed by atoms with Crippen LogP contribution in [0, 0.1) is 0 Å². The lowest BCUT2D eigenvalue weighted by Gasteiger charge is -2.32. The number of hydrogen-bond acceptors (Lipinski definition) is 6. The highest BCUT2D eigenvalue weighted by molar-refractivity contribution is 5.64. The highest BCUT2D eigenvalue weighted by Gasteiger charge is 2.17. The Morgan fingerprint density at radius 3 is 2.63 bits per heavy atom. The van der Waals surface area contributed by atoms with Crippen molar-refractivity contribution in [3.63, 3.8) is 0 Å². The summed E-state index contributed by atoms with van der Waals surface area (Å²) in [6, 6.07) is 5.96. The van der Waals surface area contributed by atoms with Gasteiger partial charge in [0.15, 0.2) is 0 Å². The van der Waals surface area contributed by atoms with E-state index in [1.54, 1.807) is 0 Å². The van der Waals surface area contributed by atoms with Crippen LogP contribution in [0.25, 0.3) is 0 Å². The molecule has 0 aliphatic carbocycles. The fourth-order valence-electron chi connectivity index (χ4n) is 3.77. The first-order valence-electron chi connectivity index (χ1n) is 10.5. The van der Waals surface area contributed by atoms with Crippen LogP contribution in [-0.2, 0) is 4.74 Å². The monoisotopic (exact) mass is 376 g/mol. The summed E-state index contributed by atoms with van der Waals surface area (Å²) in [5, 5.41) is 0. The number of benzene rings is 1. The van der Waals surface area contributed by atoms with Gasteiger partial charge in [-0.2, -0.15) is 0 Å². The zero-order valence-electron chi connectivity index (χ0n) is 16.9. The number of hydrogen-bond donors (Lipinski definition) is 1. The van der Waals surface area contributed by atoms with Gasteiger partial charge in [-0.25, -0.2) is 0 Å². The average molecular weight is 377 g/mol. The summed E-state index contributed by atoms with van der Waals surface area (Å²) in [6.45, 7) is 10.5. The van der Waals surface area contributed by atoms with Crippen LogP contribution in [0.3, 0.4) is 0 Å². The molecule has 3 rings (SSSR count). The average Bonchev–Trinajstić information content (AvgIpc) is 2.68. The van der Waals surface area contributed by atoms with Gasteiger partial charge < -0.3 is 29.9 Å². The SMILES string of the molecule is CN1CCN(CCCOCCCCCN2CCOc3cc(N)ccc32)CC1. The van der Waals surface area contributed by atoms with E-state index in [4.69, 9.17) is 15.2 Å². The fraction of sp³-hybridized carbons (Fsp3) is 0.714. The van der Waals surface area contributed by atoms with Crippen molar-refractivity contribution >= 4 is 11.4 Å². The Morgan fingerprint density at radius 1 is 0.963 bits per heavy atom. The summed E-state index contributed by atoms with van der Waals surface area (Å²) in [4.78, 5) is 7.37. The van der Waals surface area contributed by atoms with Gasteiger partial charge in [0.25, 0.3) is 0 Å². The molecule has 0 bridgehead atoms. The molecule has 2 heterocycles. The normalized spacial score (nSPS) is 18.3. The van der Waals surface area contributed by atoms with Crippen LogP contribution < -0.4 is 15.4 Å². The highest BCUT2D eigenvalue weighted by Crippen LogP contribution is 2.33. The molecule has 6 heteroatoms. The van der Waals surface area contributed by atoms with Crippen molar-refractivity contribution in [2.45, 2.75) is 25.7 Å². The standard InChI is InChI=1S/C21H36N4O2/c1-23-10-12-24(13-11-23)8-5-16-26-15-4-2-3-9-25-14-17-27-21-18-19(22)6-7-20(21)25/h6-7,18H,2-5,8-17,22H2,1H3. The molecule has 1 saturated heterocycles. The largest absolute Gasteiger partial charge is 0.489 e. The first kappa shape index (κ1) is 20.2. The summed E-state index contributed by atoms with van der Waals surface area (Å²) in [7, 11) is 2.20. The van der Waals surface area contributed by atoms with E-state index in [0.717, 1.165) is 57.2 Å². The number of anilines is 2. The minimum Gasteiger partial charge on any atom is -0.489 e. The lowest BCUT2D eigenvalue weighted by molar-refractivity contribution is 0.103. The Balaban J connectivity index is 1.20. The van der Waals surface area contributed by atoms with Crippen LogP contribution in [-0.4, -0.2) is 82.5 Å². The number of likely N-dealkylation sites (N-methyl/N-ethyl adjacent to an activating group) is 1. The molecule has 2 aliphatic rings. The van der Waals surface area contributed by atoms with Crippen molar-refractivity contribution < 1.29 is 9.47 Å². The quantitative estimate of drug-likeness (QED) is 0.499. The Hall–Kier alpha value is -1.50. The van der Waals surface area contributed by atoms with Crippen LogP contribution in [0.2, 0.25) is 0 Å². The number of rotatable bonds is 10. The minimum absolute atomic E-state index is 0.743. The van der Waals surface area contributed by atoms with Gasteiger partial charge in [-0.15, -0.1) is 0 Å². The number of unbranched alkanes of at least 4 members (excludes halogenated alkanes) is 2. The summed E-state index contributed by atoms with van der Waals surface area (Å²) in [6.07, 6.45) is 4.69. The van der Waals surface area contributed by atoms with Crippen LogP contribution in [0.1, 0.15) is 25.7 Å². The van der Waals surface area contributed by atoms with E-state index in [0.29, 0.717) is 0 Å². The molecule has 0 atom stereocenters. The van der Waals surface area contributed by atoms with E-state index in [2.05, 4.69) is 27.8 Å². The molecule has 0 unspecified atom stereocenters. The van der Waals surface area contributed by atoms with Crippen molar-refractivity contribution in [1.82, 2.24) is 9.80 Å². The third kappa shape index (κ3) is 6.55. The second kappa shape index (κ2) is 10.7. The lowest BCUT2D eigenvalue weighted by atomic mass is 10.2. The summed E-state index contributed by atoms with van der Waals surface area (Å²) < 4.78 is 11.5. The van der Waals surface area contributed by atoms with Gasteiger partial charge >= 0.3 is 0 Å². The Labute approximate surface area is 164 Å². The first-order chi connectivity index (χ1) is 13.2. The molecule has 1 fully saturated rings. The maximum absolute atomic E-state index is 5.85. The van der Waals surface area contributed by atoms with Gasteiger partial charge in [-0.05, 0) is 44.9 Å². The van der Waals surface area contributed by atoms with Crippen molar-refractivity contribution in [3.05, 3.63) is 18.2 Å². The predicted molar refractivity (Wildman–Crippen MR) is 112 cm³/mol. The zero-order valence-corrected chi connectivity index (χ0v) is 16.9. The molecule has 0 aromatic heterocycles. The molecular formula is C21H36N4O2. The smallest absolute Gasteiger partial charge is 0.144 e. The minimum atomic E-state index is 0.743. The Morgan fingerprint density at radius 2 is 1.78 bits per heavy atom. The molecule has 1 aromatic carbocycles. The van der Waals surface area contributed by atoms with Crippen molar-refractivity contribution in [3.8, 4) is 5.75 Å². The second-order valence-electron chi connectivity index (χ2n) is 7.73. The number of nitrogen functional groups attached to an aromatic ring is 1. The van der Waals surface area contributed by atoms with E-state index < -0.39 is 0 Å². The van der Waals surface area contributed by atoms with Gasteiger partial charge in [-0.3, -0.25) is 0 Å². The molecule has 0 amide bonds. The second-order valence-corrected chi connectivity index (χ2v) is 7.73. The van der Waals surface area contributed by atoms with E-state index in [-0.39, 0.29) is 0 Å². The molecule has 27 heavy (non-hydrogen) atoms. The van der Waals surface area contributed by atoms with Crippen LogP contribution in [0.15, 0.2) is 18.2 Å². The maximum atomic E-state index is 5.85. The van der Waals surface area contributed by atoms with Crippen molar-refractivity contribution in [2.75, 3.05) is 83.3 Å². The maximum Gasteiger partial charge on any atom is 0.144 e. The third-order valence-corrected chi connectivity index (χ3v) is 5.52. The summed E-state index contributed by atoms with van der Waals surface area (Å²) in [5.41, 5.74) is 7.79. The molecule has 0 spiro atoms. The summed E-state index contributed by atoms with van der Waals surface area (Å²) >= 11 is 0. The van der Waals surface area contributed by atoms with Gasteiger partial charge in [0.1, 0.15) is 12.4 Å². The Kier molecular flexibility index (Phi) is 8.05. The van der Waals surface area contributed by atoms with Crippen LogP contribution in [0.5, 0.6) is 5.75 Å². The molecule has 6 nitrogen and oxygen atoms in total. The van der Waals surface area contributed by atoms with E-state index in [1.807, 2.05) is 12.1 Å². The molecule has 0 radical (unpaired) electrons. The fourth-order valence-corrected chi connectivity index (χ4v) is 3.77. The number of ether oxygens (including phenoxy) is 2. The number of fused-ring (bicyclic) bond motifs is 1. The zero-order chi connectivity index (χ0) is 18.9. The molecule has 2 aliphatic heterocycles. The lowest BCUT2D eigenvalue weighted by Crippen LogP contribution is -2.44.